The van der Waals surface area contributed by atoms with Gasteiger partial charge in [0.05, 0.1) is 16.8 Å². The van der Waals surface area contributed by atoms with Crippen LogP contribution in [0.25, 0.3) is 0 Å². The summed E-state index contributed by atoms with van der Waals surface area (Å²) in [6.07, 6.45) is 0. The van der Waals surface area contributed by atoms with E-state index in [1.165, 1.54) is 4.90 Å². The first-order chi connectivity index (χ1) is 12.6. The number of carbonyl (C=O) groups is 2. The molecule has 3 N–H and O–H groups in total. The highest BCUT2D eigenvalue weighted by Crippen LogP contribution is 2.30. The van der Waals surface area contributed by atoms with Gasteiger partial charge in [-0.1, -0.05) is 30.3 Å². The Morgan fingerprint density at radius 2 is 1.50 bits per heavy atom. The summed E-state index contributed by atoms with van der Waals surface area (Å²) in [5.74, 6) is -0.589. The van der Waals surface area contributed by atoms with Gasteiger partial charge in [0.1, 0.15) is 0 Å². The smallest absolute Gasteiger partial charge is 0.266 e. The number of anilines is 3. The standard InChI is InChI=1S/C21H17N3O2/c22-15-8-6-14(7-9-15)13-23-16-10-11-18-19(12-16)21(26)24(20(18)25)17-4-2-1-3-5-17/h1-12,23H,13,22H2. The summed E-state index contributed by atoms with van der Waals surface area (Å²) >= 11 is 0. The van der Waals surface area contributed by atoms with Gasteiger partial charge in [0.2, 0.25) is 0 Å². The van der Waals surface area contributed by atoms with Crippen molar-refractivity contribution in [3.63, 3.8) is 0 Å². The molecule has 0 saturated carbocycles. The van der Waals surface area contributed by atoms with Crippen LogP contribution in [0.5, 0.6) is 0 Å². The van der Waals surface area contributed by atoms with Crippen LogP contribution < -0.4 is 16.0 Å². The fourth-order valence-corrected chi connectivity index (χ4v) is 3.00. The van der Waals surface area contributed by atoms with E-state index in [0.717, 1.165) is 16.9 Å². The van der Waals surface area contributed by atoms with Crippen molar-refractivity contribution in [1.82, 2.24) is 0 Å². The number of hydrogen-bond acceptors (Lipinski definition) is 4. The van der Waals surface area contributed by atoms with Gasteiger partial charge in [0.15, 0.2) is 0 Å². The quantitative estimate of drug-likeness (QED) is 0.560. The van der Waals surface area contributed by atoms with Gasteiger partial charge in [-0.05, 0) is 48.0 Å². The molecule has 3 aromatic carbocycles. The van der Waals surface area contributed by atoms with Gasteiger partial charge in [0.25, 0.3) is 11.8 Å². The maximum Gasteiger partial charge on any atom is 0.266 e. The molecule has 0 unspecified atom stereocenters. The summed E-state index contributed by atoms with van der Waals surface area (Å²) in [5.41, 5.74) is 9.70. The largest absolute Gasteiger partial charge is 0.399 e. The fourth-order valence-electron chi connectivity index (χ4n) is 3.00. The fraction of sp³-hybridized carbons (Fsp3) is 0.0476. The first-order valence-corrected chi connectivity index (χ1v) is 8.29. The van der Waals surface area contributed by atoms with Crippen LogP contribution in [0.15, 0.2) is 72.8 Å². The highest BCUT2D eigenvalue weighted by atomic mass is 16.2. The molecule has 0 saturated heterocycles. The van der Waals surface area contributed by atoms with E-state index < -0.39 is 0 Å². The van der Waals surface area contributed by atoms with Gasteiger partial charge in [0, 0.05) is 17.9 Å². The third kappa shape index (κ3) is 2.80. The predicted octanol–water partition coefficient (Wildman–Crippen LogP) is 3.68. The van der Waals surface area contributed by atoms with E-state index in [-0.39, 0.29) is 11.8 Å². The van der Waals surface area contributed by atoms with Crippen molar-refractivity contribution in [2.75, 3.05) is 16.0 Å². The van der Waals surface area contributed by atoms with E-state index in [1.54, 1.807) is 36.4 Å². The van der Waals surface area contributed by atoms with Crippen LogP contribution in [0.3, 0.4) is 0 Å². The van der Waals surface area contributed by atoms with Crippen LogP contribution in [0.2, 0.25) is 0 Å². The van der Waals surface area contributed by atoms with Crippen molar-refractivity contribution in [3.05, 3.63) is 89.5 Å². The maximum atomic E-state index is 12.7. The number of nitrogens with zero attached hydrogens (tertiary/aromatic N) is 1. The average molecular weight is 343 g/mol. The number of nitrogens with one attached hydrogen (secondary N) is 1. The number of benzene rings is 3. The molecule has 128 valence electrons. The molecular weight excluding hydrogens is 326 g/mol. The summed E-state index contributed by atoms with van der Waals surface area (Å²) in [5, 5.41) is 3.28. The van der Waals surface area contributed by atoms with Crippen molar-refractivity contribution in [3.8, 4) is 0 Å². The molecule has 1 aliphatic heterocycles. The number of nitrogens with two attached hydrogens (primary N) is 1. The van der Waals surface area contributed by atoms with E-state index in [0.29, 0.717) is 23.4 Å². The molecule has 5 nitrogen and oxygen atoms in total. The molecule has 0 aromatic heterocycles. The zero-order valence-electron chi connectivity index (χ0n) is 14.0. The minimum absolute atomic E-state index is 0.290. The number of para-hydroxylation sites is 1. The Balaban J connectivity index is 1.57. The first kappa shape index (κ1) is 15.9. The van der Waals surface area contributed by atoms with Gasteiger partial charge in [-0.3, -0.25) is 9.59 Å². The number of imide groups is 1. The number of nitrogen functional groups attached to an aromatic ring is 1. The van der Waals surface area contributed by atoms with Gasteiger partial charge in [-0.2, -0.15) is 0 Å². The normalized spacial score (nSPS) is 13.0. The second-order valence-electron chi connectivity index (χ2n) is 6.14. The van der Waals surface area contributed by atoms with E-state index in [1.807, 2.05) is 36.4 Å². The second-order valence-corrected chi connectivity index (χ2v) is 6.14. The van der Waals surface area contributed by atoms with Crippen LogP contribution >= 0.6 is 0 Å². The highest BCUT2D eigenvalue weighted by Gasteiger charge is 2.36. The van der Waals surface area contributed by atoms with Crippen molar-refractivity contribution in [1.29, 1.82) is 0 Å². The van der Waals surface area contributed by atoms with E-state index in [9.17, 15) is 9.59 Å². The number of carbonyl (C=O) groups excluding carboxylic acids is 2. The molecule has 0 atom stereocenters. The molecule has 1 heterocycles. The SMILES string of the molecule is Nc1ccc(CNc2ccc3c(c2)C(=O)N(c2ccccc2)C3=O)cc1. The maximum absolute atomic E-state index is 12.7. The molecule has 5 heteroatoms. The molecule has 0 fully saturated rings. The molecule has 4 rings (SSSR count). The van der Waals surface area contributed by atoms with Crippen molar-refractivity contribution in [2.24, 2.45) is 0 Å². The lowest BCUT2D eigenvalue weighted by Crippen LogP contribution is -2.29. The Labute approximate surface area is 151 Å². The van der Waals surface area contributed by atoms with Crippen LogP contribution in [-0.2, 0) is 6.54 Å². The monoisotopic (exact) mass is 343 g/mol. The number of rotatable bonds is 4. The Kier molecular flexibility index (Phi) is 3.89. The minimum atomic E-state index is -0.299. The van der Waals surface area contributed by atoms with Crippen LogP contribution in [0.1, 0.15) is 26.3 Å². The van der Waals surface area contributed by atoms with Crippen molar-refractivity contribution < 1.29 is 9.59 Å². The Morgan fingerprint density at radius 3 is 2.23 bits per heavy atom. The molecule has 0 aliphatic carbocycles. The molecule has 0 bridgehead atoms. The summed E-state index contributed by atoms with van der Waals surface area (Å²) in [4.78, 5) is 26.6. The third-order valence-electron chi connectivity index (χ3n) is 4.38. The Morgan fingerprint density at radius 1 is 0.808 bits per heavy atom. The molecule has 2 amide bonds. The third-order valence-corrected chi connectivity index (χ3v) is 4.38. The number of hydrogen-bond donors (Lipinski definition) is 2. The van der Waals surface area contributed by atoms with E-state index in [2.05, 4.69) is 5.32 Å². The van der Waals surface area contributed by atoms with E-state index in [4.69, 9.17) is 5.73 Å². The lowest BCUT2D eigenvalue weighted by Gasteiger charge is -2.13. The van der Waals surface area contributed by atoms with Crippen LogP contribution in [0.4, 0.5) is 17.1 Å². The van der Waals surface area contributed by atoms with Gasteiger partial charge in [-0.25, -0.2) is 4.90 Å². The molecule has 1 aliphatic rings. The van der Waals surface area contributed by atoms with Crippen molar-refractivity contribution in [2.45, 2.75) is 6.54 Å². The summed E-state index contributed by atoms with van der Waals surface area (Å²) in [6.45, 7) is 0.601. The van der Waals surface area contributed by atoms with Crippen LogP contribution in [-0.4, -0.2) is 11.8 Å². The van der Waals surface area contributed by atoms with E-state index >= 15 is 0 Å². The summed E-state index contributed by atoms with van der Waals surface area (Å²) in [6, 6.07) is 21.8. The second kappa shape index (κ2) is 6.37. The Hall–Kier alpha value is -3.60. The molecule has 0 radical (unpaired) electrons. The van der Waals surface area contributed by atoms with Gasteiger partial charge < -0.3 is 11.1 Å². The average Bonchev–Trinajstić information content (AvgIpc) is 2.92. The number of amides is 2. The molecule has 3 aromatic rings. The lowest BCUT2D eigenvalue weighted by molar-refractivity contribution is 0.0926. The number of fused-ring (bicyclic) bond motifs is 1. The van der Waals surface area contributed by atoms with Crippen LogP contribution in [0, 0.1) is 0 Å². The summed E-state index contributed by atoms with van der Waals surface area (Å²) in [7, 11) is 0. The van der Waals surface area contributed by atoms with Crippen molar-refractivity contribution >= 4 is 28.9 Å². The molecular formula is C21H17N3O2. The Bertz CT molecular complexity index is 982. The molecule has 26 heavy (non-hydrogen) atoms. The van der Waals surface area contributed by atoms with Gasteiger partial charge in [-0.15, -0.1) is 0 Å². The zero-order valence-corrected chi connectivity index (χ0v) is 14.0. The lowest BCUT2D eigenvalue weighted by atomic mass is 10.1. The molecule has 0 spiro atoms. The first-order valence-electron chi connectivity index (χ1n) is 8.29. The predicted molar refractivity (Wildman–Crippen MR) is 102 cm³/mol. The van der Waals surface area contributed by atoms with Gasteiger partial charge >= 0.3 is 0 Å². The zero-order chi connectivity index (χ0) is 18.1. The summed E-state index contributed by atoms with van der Waals surface area (Å²) < 4.78 is 0. The minimum Gasteiger partial charge on any atom is -0.399 e. The highest BCUT2D eigenvalue weighted by molar-refractivity contribution is 6.34. The topological polar surface area (TPSA) is 75.4 Å².